The predicted molar refractivity (Wildman–Crippen MR) is 163 cm³/mol. The molecule has 4 heterocycles. The van der Waals surface area contributed by atoms with Crippen LogP contribution in [0, 0.1) is 0 Å². The number of H-pyrrole nitrogens is 1. The predicted octanol–water partition coefficient (Wildman–Crippen LogP) is 2.26. The van der Waals surface area contributed by atoms with Crippen molar-refractivity contribution in [2.45, 2.75) is 52.1 Å². The Morgan fingerprint density at radius 2 is 1.80 bits per heavy atom. The average molecular weight is 615 g/mol. The van der Waals surface area contributed by atoms with E-state index < -0.39 is 5.76 Å². The third-order valence-electron chi connectivity index (χ3n) is 7.85. The summed E-state index contributed by atoms with van der Waals surface area (Å²) >= 11 is 0. The first-order chi connectivity index (χ1) is 20.8. The number of rotatable bonds is 7. The van der Waals surface area contributed by atoms with Crippen LogP contribution in [0.3, 0.4) is 0 Å². The quantitative estimate of drug-likeness (QED) is 0.274. The van der Waals surface area contributed by atoms with E-state index in [1.165, 1.54) is 6.33 Å². The van der Waals surface area contributed by atoms with Gasteiger partial charge in [0.25, 0.3) is 5.56 Å². The molecule has 0 fully saturated rings. The van der Waals surface area contributed by atoms with Crippen LogP contribution in [-0.2, 0) is 19.3 Å². The van der Waals surface area contributed by atoms with Gasteiger partial charge >= 0.3 is 57.1 Å². The summed E-state index contributed by atoms with van der Waals surface area (Å²) in [6.07, 6.45) is 4.25. The SMILES string of the molecule is CCCc1c(Cc2ccc(-c3ccccc3-c3noc(=O)[nH]3)cc2)c(=O)n(-c2ccc3c(c2)CC(C)(C)O3)c2ncnn12.[H-].[K+]. The summed E-state index contributed by atoms with van der Waals surface area (Å²) in [5.41, 5.74) is 6.56. The number of aromatic amines is 1. The van der Waals surface area contributed by atoms with Gasteiger partial charge in [0.15, 0.2) is 5.82 Å². The van der Waals surface area contributed by atoms with Crippen LogP contribution >= 0.6 is 0 Å². The Kier molecular flexibility index (Phi) is 8.33. The maximum Gasteiger partial charge on any atom is 1.00 e. The van der Waals surface area contributed by atoms with E-state index in [4.69, 9.17) is 9.26 Å². The van der Waals surface area contributed by atoms with Crippen LogP contribution < -0.4 is 67.4 Å². The Balaban J connectivity index is 0.00000200. The molecule has 0 radical (unpaired) electrons. The van der Waals surface area contributed by atoms with Crippen molar-refractivity contribution in [2.24, 2.45) is 0 Å². The second-order valence-electron chi connectivity index (χ2n) is 11.5. The van der Waals surface area contributed by atoms with Gasteiger partial charge in [0.1, 0.15) is 17.7 Å². The van der Waals surface area contributed by atoms with Gasteiger partial charge in [-0.1, -0.05) is 67.0 Å². The minimum absolute atomic E-state index is 0. The fourth-order valence-corrected chi connectivity index (χ4v) is 5.99. The third kappa shape index (κ3) is 5.54. The van der Waals surface area contributed by atoms with Crippen molar-refractivity contribution >= 4 is 5.78 Å². The zero-order valence-electron chi connectivity index (χ0n) is 26.1. The van der Waals surface area contributed by atoms with E-state index in [0.29, 0.717) is 30.0 Å². The van der Waals surface area contributed by atoms with Crippen molar-refractivity contribution < 1.29 is 62.1 Å². The Labute approximate surface area is 297 Å². The first kappa shape index (κ1) is 30.4. The molecule has 10 nitrogen and oxygen atoms in total. The van der Waals surface area contributed by atoms with Gasteiger partial charge in [-0.3, -0.25) is 14.3 Å². The zero-order valence-corrected chi connectivity index (χ0v) is 28.2. The van der Waals surface area contributed by atoms with E-state index in [1.807, 2.05) is 66.7 Å². The minimum Gasteiger partial charge on any atom is -1.00 e. The van der Waals surface area contributed by atoms with Gasteiger partial charge < -0.3 is 6.16 Å². The summed E-state index contributed by atoms with van der Waals surface area (Å²) < 4.78 is 14.3. The Bertz CT molecular complexity index is 2110. The van der Waals surface area contributed by atoms with Crippen molar-refractivity contribution in [1.29, 1.82) is 0 Å². The largest absolute Gasteiger partial charge is 1.00 e. The molecule has 1 aliphatic rings. The maximum atomic E-state index is 14.3. The smallest absolute Gasteiger partial charge is 1.00 e. The van der Waals surface area contributed by atoms with E-state index in [9.17, 15) is 9.59 Å². The molecule has 0 unspecified atom stereocenters. The first-order valence-corrected chi connectivity index (χ1v) is 14.3. The van der Waals surface area contributed by atoms with Crippen molar-refractivity contribution in [1.82, 2.24) is 29.3 Å². The molecule has 0 bridgehead atoms. The molecule has 0 saturated carbocycles. The molecule has 44 heavy (non-hydrogen) atoms. The topological polar surface area (TPSA) is 120 Å². The fourth-order valence-electron chi connectivity index (χ4n) is 5.99. The number of fused-ring (bicyclic) bond motifs is 2. The monoisotopic (exact) mass is 614 g/mol. The van der Waals surface area contributed by atoms with Crippen LogP contribution in [0.1, 0.15) is 51.0 Å². The molecule has 1 N–H and O–H groups in total. The molecule has 1 aliphatic heterocycles. The van der Waals surface area contributed by atoms with Crippen molar-refractivity contribution in [3.8, 4) is 34.0 Å². The van der Waals surface area contributed by atoms with Gasteiger partial charge in [-0.25, -0.2) is 13.9 Å². The molecule has 0 atom stereocenters. The molecule has 0 spiro atoms. The maximum absolute atomic E-state index is 14.3. The van der Waals surface area contributed by atoms with Gasteiger partial charge in [0, 0.05) is 29.5 Å². The van der Waals surface area contributed by atoms with Gasteiger partial charge in [0.05, 0.1) is 11.4 Å². The molecule has 6 aromatic rings. The summed E-state index contributed by atoms with van der Waals surface area (Å²) in [6, 6.07) is 21.6. The number of hydrogen-bond donors (Lipinski definition) is 1. The van der Waals surface area contributed by atoms with E-state index in [-0.39, 0.29) is 64.0 Å². The Hall–Kier alpha value is -3.61. The number of hydrogen-bond acceptors (Lipinski definition) is 7. The normalized spacial score (nSPS) is 13.4. The molecule has 218 valence electrons. The number of ether oxygens (including phenoxy) is 1. The third-order valence-corrected chi connectivity index (χ3v) is 7.85. The number of aryl methyl sites for hydroxylation is 1. The van der Waals surface area contributed by atoms with Gasteiger partial charge in [0.2, 0.25) is 5.78 Å². The molecule has 0 amide bonds. The number of nitrogens with one attached hydrogen (secondary N) is 1. The first-order valence-electron chi connectivity index (χ1n) is 14.3. The summed E-state index contributed by atoms with van der Waals surface area (Å²) in [4.78, 5) is 33.0. The van der Waals surface area contributed by atoms with Crippen LogP contribution in [0.5, 0.6) is 5.75 Å². The molecular weight excluding hydrogens is 583 g/mol. The molecule has 3 aromatic carbocycles. The van der Waals surface area contributed by atoms with Gasteiger partial charge in [-0.2, -0.15) is 10.1 Å². The summed E-state index contributed by atoms with van der Waals surface area (Å²) in [6.45, 7) is 6.22. The van der Waals surface area contributed by atoms with Crippen LogP contribution in [0.2, 0.25) is 0 Å². The Morgan fingerprint density at radius 3 is 2.52 bits per heavy atom. The molecule has 3 aromatic heterocycles. The molecule has 11 heteroatoms. The van der Waals surface area contributed by atoms with E-state index in [2.05, 4.69) is 41.0 Å². The number of nitrogens with zero attached hydrogens (tertiary/aromatic N) is 5. The second-order valence-corrected chi connectivity index (χ2v) is 11.5. The van der Waals surface area contributed by atoms with Crippen LogP contribution in [0.25, 0.3) is 34.0 Å². The number of aromatic nitrogens is 6. The van der Waals surface area contributed by atoms with Crippen LogP contribution in [-0.4, -0.2) is 34.9 Å². The minimum atomic E-state index is -0.602. The van der Waals surface area contributed by atoms with E-state index >= 15 is 0 Å². The van der Waals surface area contributed by atoms with Crippen molar-refractivity contribution in [2.75, 3.05) is 0 Å². The Morgan fingerprint density at radius 1 is 1.02 bits per heavy atom. The van der Waals surface area contributed by atoms with Crippen molar-refractivity contribution in [3.05, 3.63) is 116 Å². The van der Waals surface area contributed by atoms with Crippen molar-refractivity contribution in [3.63, 3.8) is 0 Å². The van der Waals surface area contributed by atoms with Crippen LogP contribution in [0.4, 0.5) is 0 Å². The number of benzene rings is 3. The van der Waals surface area contributed by atoms with Gasteiger partial charge in [-0.05, 0) is 55.2 Å². The standard InChI is InChI=1S/C33H30N6O4.K.H/c1-4-7-27-26(16-20-10-12-21(13-11-20)24-8-5-6-9-25(24)29-36-32(41)43-37-29)30(40)38(31-34-19-35-39(27)31)23-14-15-28-22(17-23)18-33(2,3)42-28;;/h5-6,8-15,17,19H,4,7,16,18H2,1-3H3,(H,36,37,41);;/q;+1;-1. The summed E-state index contributed by atoms with van der Waals surface area (Å²) in [5.74, 6) is 1.11. The van der Waals surface area contributed by atoms with Gasteiger partial charge in [-0.15, -0.1) is 0 Å². The summed E-state index contributed by atoms with van der Waals surface area (Å²) in [7, 11) is 0. The fraction of sp³-hybridized carbons (Fsp3) is 0.242. The molecular formula is C33H31KN6O4. The zero-order chi connectivity index (χ0) is 29.7. The summed E-state index contributed by atoms with van der Waals surface area (Å²) in [5, 5.41) is 8.40. The molecule has 0 aliphatic carbocycles. The van der Waals surface area contributed by atoms with E-state index in [1.54, 1.807) is 9.08 Å². The van der Waals surface area contributed by atoms with E-state index in [0.717, 1.165) is 57.8 Å². The average Bonchev–Trinajstić information content (AvgIpc) is 3.72. The van der Waals surface area contributed by atoms with Crippen LogP contribution in [0.15, 0.2) is 87.2 Å². The molecule has 7 rings (SSSR count). The second kappa shape index (κ2) is 12.1. The molecule has 0 saturated heterocycles.